The molecule has 135 heavy (non-hydrogen) atoms. The summed E-state index contributed by atoms with van der Waals surface area (Å²) in [6.07, 6.45) is 12.4. The van der Waals surface area contributed by atoms with Crippen LogP contribution in [0.1, 0.15) is 341 Å². The smallest absolute Gasteiger partial charge is 0.0535 e. The fraction of sp³-hybridized carbons (Fsp3) is 0.318. The Hall–Kier alpha value is -12.3. The van der Waals surface area contributed by atoms with E-state index in [1.54, 1.807) is 50.1 Å². The average molecular weight is 1790 g/mol. The molecule has 15 aromatic rings. The molecule has 0 aromatic heterocycles. The van der Waals surface area contributed by atoms with Gasteiger partial charge >= 0.3 is 0 Å². The number of fused-ring (bicyclic) bond motifs is 35. The molecule has 0 radical (unpaired) electrons. The molecule has 0 N–H and O–H groups in total. The topological polar surface area (TPSA) is 9.72 Å². The molecule has 0 spiro atoms. The van der Waals surface area contributed by atoms with Crippen molar-refractivity contribution in [3.05, 3.63) is 407 Å². The first-order valence-electron chi connectivity index (χ1n) is 53.2. The van der Waals surface area contributed by atoms with Gasteiger partial charge in [-0.05, 0) is 299 Å². The van der Waals surface area contributed by atoms with Gasteiger partial charge in [0.05, 0.1) is 17.1 Å². The zero-order valence-corrected chi connectivity index (χ0v) is 88.3. The Bertz CT molecular complexity index is 6460. The highest BCUT2D eigenvalue weighted by molar-refractivity contribution is 6.00. The number of para-hydroxylation sites is 6. The maximum absolute atomic E-state index is 2.56. The quantitative estimate of drug-likeness (QED) is 0.150. The first kappa shape index (κ1) is 105. The molecule has 3 nitrogen and oxygen atoms in total. The molecule has 0 bridgehead atoms. The highest BCUT2D eigenvalue weighted by Gasteiger charge is 2.42. The van der Waals surface area contributed by atoms with E-state index in [2.05, 4.69) is 288 Å². The van der Waals surface area contributed by atoms with Crippen molar-refractivity contribution in [3.8, 4) is 66.8 Å². The summed E-state index contributed by atoms with van der Waals surface area (Å²) in [5.41, 5.74) is 65.8. The Kier molecular flexibility index (Phi) is 38.6. The summed E-state index contributed by atoms with van der Waals surface area (Å²) in [5, 5.41) is 0. The van der Waals surface area contributed by atoms with Gasteiger partial charge in [0.15, 0.2) is 0 Å². The van der Waals surface area contributed by atoms with E-state index in [-0.39, 0.29) is 0 Å². The molecule has 27 rings (SSSR count). The Morgan fingerprint density at radius 1 is 0.126 bits per heavy atom. The standard InChI is InChI=1S/3C34H23N.15C2H6/c1-4-10-26-20(7-1)13-23-15-24-17-30-29(28(24)19-27(23)26)18-25-14-21-8-2-5-11-32(21)35-33-12-6-3-9-22(33)16-31(30)34(25)35;1-4-10-24-20(7-1)16-27-25(24)13-14-26-28-18-23-15-21-8-2-5-11-32(21)35-33-12-6-3-9-22(33)17-31(34(23)35)30(28)19-29(26)27;1-4-10-25-20(7-1)15-23-13-14-26-27-18-24-16-21-8-2-5-11-31(21)35-32-12-6-3-9-22(32)17-30(34(24)35)28(27)19-29(26)33(23)25;15*1-2/h1-12,15,18-19H,13-14,16-17H2;2*1-14,18H,15-17,19H2;15*1-2H3. The third-order valence-electron chi connectivity index (χ3n) is 26.2. The zero-order chi connectivity index (χ0) is 98.0. The van der Waals surface area contributed by atoms with Crippen molar-refractivity contribution in [1.29, 1.82) is 0 Å². The second kappa shape index (κ2) is 49.8. The first-order valence-corrected chi connectivity index (χ1v) is 53.2. The van der Waals surface area contributed by atoms with Crippen LogP contribution in [0.2, 0.25) is 0 Å². The van der Waals surface area contributed by atoms with Crippen molar-refractivity contribution >= 4 is 51.2 Å². The number of hydrogen-bond donors (Lipinski definition) is 0. The number of hydrogen-bond acceptors (Lipinski definition) is 3. The van der Waals surface area contributed by atoms with Gasteiger partial charge in [-0.15, -0.1) is 0 Å². The van der Waals surface area contributed by atoms with Crippen LogP contribution in [0.15, 0.2) is 273 Å². The lowest BCUT2D eigenvalue weighted by Crippen LogP contribution is -2.25. The maximum Gasteiger partial charge on any atom is 0.0535 e. The second-order valence-corrected chi connectivity index (χ2v) is 31.4. The molecule has 12 aliphatic rings. The molecule has 0 unspecified atom stereocenters. The molecule has 15 aromatic carbocycles. The van der Waals surface area contributed by atoms with Crippen molar-refractivity contribution in [2.75, 3.05) is 14.7 Å². The van der Waals surface area contributed by atoms with Crippen LogP contribution < -0.4 is 14.7 Å². The van der Waals surface area contributed by atoms with Crippen molar-refractivity contribution in [1.82, 2.24) is 0 Å². The van der Waals surface area contributed by atoms with Crippen molar-refractivity contribution in [2.45, 2.75) is 285 Å². The first-order chi connectivity index (χ1) is 67.0. The molecular formula is C132H159N3. The normalized spacial score (nSPS) is 12.3. The Morgan fingerprint density at radius 2 is 0.341 bits per heavy atom. The minimum absolute atomic E-state index is 1.01. The van der Waals surface area contributed by atoms with E-state index in [1.807, 2.05) is 208 Å². The summed E-state index contributed by atoms with van der Waals surface area (Å²) in [6, 6.07) is 103. The fourth-order valence-corrected chi connectivity index (χ4v) is 21.8. The lowest BCUT2D eigenvalue weighted by Gasteiger charge is -2.40. The largest absolute Gasteiger partial charge is 0.309 e. The number of anilines is 9. The van der Waals surface area contributed by atoms with Crippen LogP contribution in [-0.2, 0) is 77.0 Å². The fourth-order valence-electron chi connectivity index (χ4n) is 21.8. The predicted molar refractivity (Wildman–Crippen MR) is 600 cm³/mol. The molecule has 6 aliphatic heterocycles. The van der Waals surface area contributed by atoms with Gasteiger partial charge in [-0.25, -0.2) is 0 Å². The van der Waals surface area contributed by atoms with Crippen molar-refractivity contribution in [2.24, 2.45) is 0 Å². The molecule has 0 amide bonds. The molecule has 0 fully saturated rings. The van der Waals surface area contributed by atoms with Crippen LogP contribution in [-0.4, -0.2) is 0 Å². The summed E-state index contributed by atoms with van der Waals surface area (Å²) < 4.78 is 0. The van der Waals surface area contributed by atoms with Crippen LogP contribution in [0, 0.1) is 0 Å². The predicted octanol–water partition coefficient (Wildman–Crippen LogP) is 39.7. The van der Waals surface area contributed by atoms with E-state index in [9.17, 15) is 0 Å². The molecule has 3 heteroatoms. The van der Waals surface area contributed by atoms with Gasteiger partial charge in [-0.1, -0.05) is 420 Å². The van der Waals surface area contributed by atoms with E-state index >= 15 is 0 Å². The highest BCUT2D eigenvalue weighted by Crippen LogP contribution is 2.61. The minimum atomic E-state index is 1.01. The minimum Gasteiger partial charge on any atom is -0.309 e. The van der Waals surface area contributed by atoms with Crippen LogP contribution in [0.25, 0.3) is 66.8 Å². The zero-order valence-electron chi connectivity index (χ0n) is 88.3. The number of nitrogens with zero attached hydrogens (tertiary/aromatic N) is 3. The van der Waals surface area contributed by atoms with Gasteiger partial charge in [0.2, 0.25) is 0 Å². The number of benzene rings is 15. The molecule has 702 valence electrons. The third kappa shape index (κ3) is 18.8. The van der Waals surface area contributed by atoms with Gasteiger partial charge < -0.3 is 14.7 Å². The number of rotatable bonds is 0. The molecule has 6 heterocycles. The lowest BCUT2D eigenvalue weighted by atomic mass is 9.82. The van der Waals surface area contributed by atoms with E-state index in [0.717, 1.165) is 77.0 Å². The van der Waals surface area contributed by atoms with Crippen LogP contribution in [0.5, 0.6) is 0 Å². The second-order valence-electron chi connectivity index (χ2n) is 31.4. The van der Waals surface area contributed by atoms with Gasteiger partial charge in [-0.2, -0.15) is 0 Å². The SMILES string of the molecule is CC.CC.CC.CC.CC.CC.CC.CC.CC.CC.CC.CC.CC.CC.CC.c1ccc2c(c1)Cc1c-2ccc2c1Cc1c-2cc2c3c1Cc1ccccc1N3c1ccccc1C2.c1ccc2c(c1)Cc1cc3c(cc1-2)-c1cc2c4c(c1C3)Cc1ccccc1N4c1ccccc1C2.c1ccc2c(c1)Cc1ccc3c(c1-2)Cc1c-3cc2c3c1Cc1ccccc1N3c1ccccc1C2. The van der Waals surface area contributed by atoms with Gasteiger partial charge in [0.25, 0.3) is 0 Å². The Balaban J connectivity index is 0.000000184. The Labute approximate surface area is 818 Å². The third-order valence-corrected chi connectivity index (χ3v) is 26.2. The van der Waals surface area contributed by atoms with E-state index in [0.29, 0.717) is 0 Å². The summed E-state index contributed by atoms with van der Waals surface area (Å²) in [5.74, 6) is 0. The molecule has 0 saturated carbocycles. The van der Waals surface area contributed by atoms with Crippen LogP contribution in [0.3, 0.4) is 0 Å². The molecular weight excluding hydrogens is 1630 g/mol. The average Bonchev–Trinajstić information content (AvgIpc) is 1.65. The van der Waals surface area contributed by atoms with E-state index in [1.165, 1.54) is 201 Å². The summed E-state index contributed by atoms with van der Waals surface area (Å²) in [7, 11) is 0. The molecule has 0 atom stereocenters. The van der Waals surface area contributed by atoms with Crippen LogP contribution in [0.4, 0.5) is 51.2 Å². The highest BCUT2D eigenvalue weighted by atomic mass is 15.2. The summed E-state index contributed by atoms with van der Waals surface area (Å²) in [6.45, 7) is 60.0. The monoisotopic (exact) mass is 1790 g/mol. The van der Waals surface area contributed by atoms with Gasteiger partial charge in [0.1, 0.15) is 0 Å². The lowest BCUT2D eigenvalue weighted by molar-refractivity contribution is 0.992. The molecule has 0 saturated heterocycles. The van der Waals surface area contributed by atoms with Gasteiger partial charge in [-0.3, -0.25) is 0 Å². The van der Waals surface area contributed by atoms with Crippen molar-refractivity contribution < 1.29 is 0 Å². The maximum atomic E-state index is 2.56. The molecule has 6 aliphatic carbocycles. The summed E-state index contributed by atoms with van der Waals surface area (Å²) >= 11 is 0. The Morgan fingerprint density at radius 3 is 0.719 bits per heavy atom. The van der Waals surface area contributed by atoms with Crippen LogP contribution >= 0.6 is 0 Å². The van der Waals surface area contributed by atoms with E-state index < -0.39 is 0 Å². The summed E-state index contributed by atoms with van der Waals surface area (Å²) in [4.78, 5) is 7.68. The van der Waals surface area contributed by atoms with Crippen molar-refractivity contribution in [3.63, 3.8) is 0 Å². The van der Waals surface area contributed by atoms with Gasteiger partial charge in [0, 0.05) is 72.6 Å². The van der Waals surface area contributed by atoms with E-state index in [4.69, 9.17) is 0 Å².